The van der Waals surface area contributed by atoms with Crippen LogP contribution in [-0.4, -0.2) is 39.0 Å². The number of amides is 1. The first kappa shape index (κ1) is 21.7. The fourth-order valence-electron chi connectivity index (χ4n) is 4.90. The molecule has 2 aromatic carbocycles. The Morgan fingerprint density at radius 1 is 1.12 bits per heavy atom. The van der Waals surface area contributed by atoms with Crippen LogP contribution in [0.25, 0.3) is 11.1 Å². The fourth-order valence-corrected chi connectivity index (χ4v) is 5.14. The molecule has 0 atom stereocenters. The van der Waals surface area contributed by atoms with Gasteiger partial charge in [0.25, 0.3) is 6.43 Å². The minimum absolute atomic E-state index is 0.0447. The minimum atomic E-state index is -2.65. The average molecular weight is 473 g/mol. The summed E-state index contributed by atoms with van der Waals surface area (Å²) in [5.74, 6) is 0. The van der Waals surface area contributed by atoms with Gasteiger partial charge in [-0.05, 0) is 65.8 Å². The third kappa shape index (κ3) is 3.93. The average Bonchev–Trinajstić information content (AvgIpc) is 3.22. The van der Waals surface area contributed by atoms with Crippen LogP contribution in [0.15, 0.2) is 36.7 Å². The van der Waals surface area contributed by atoms with Gasteiger partial charge in [-0.1, -0.05) is 11.6 Å². The predicted octanol–water partition coefficient (Wildman–Crippen LogP) is 5.80. The highest BCUT2D eigenvalue weighted by atomic mass is 35.5. The van der Waals surface area contributed by atoms with Gasteiger partial charge >= 0.3 is 6.09 Å². The summed E-state index contributed by atoms with van der Waals surface area (Å²) in [6.07, 6.45) is 1.90. The van der Waals surface area contributed by atoms with Gasteiger partial charge < -0.3 is 14.9 Å². The number of carboxylic acid groups (broad SMARTS) is 1. The zero-order chi connectivity index (χ0) is 23.3. The van der Waals surface area contributed by atoms with E-state index in [-0.39, 0.29) is 12.1 Å². The van der Waals surface area contributed by atoms with Gasteiger partial charge in [-0.15, -0.1) is 0 Å². The number of nitrogens with zero attached hydrogens (tertiary/aromatic N) is 4. The van der Waals surface area contributed by atoms with Crippen molar-refractivity contribution in [3.05, 3.63) is 63.9 Å². The standard InChI is InChI=1S/C24H23ClF2N4O2/c1-29-12-16(11-28-29)18-8-15-3-2-5-31(21(15)10-19(18)23(26)27)22-9-17(25)7-14-4-6-30(24(32)33)13-20(14)22/h7-12,23H,2-6,13H2,1H3,(H,32,33). The summed E-state index contributed by atoms with van der Waals surface area (Å²) in [5.41, 5.74) is 5.48. The van der Waals surface area contributed by atoms with Crippen molar-refractivity contribution in [2.24, 2.45) is 7.05 Å². The molecule has 172 valence electrons. The van der Waals surface area contributed by atoms with Gasteiger partial charge in [-0.2, -0.15) is 5.10 Å². The molecule has 33 heavy (non-hydrogen) atoms. The van der Waals surface area contributed by atoms with Crippen LogP contribution in [0.5, 0.6) is 0 Å². The van der Waals surface area contributed by atoms with Crippen LogP contribution >= 0.6 is 11.6 Å². The van der Waals surface area contributed by atoms with E-state index in [0.29, 0.717) is 35.7 Å². The molecule has 2 aliphatic heterocycles. The number of anilines is 2. The highest BCUT2D eigenvalue weighted by Gasteiger charge is 2.29. The van der Waals surface area contributed by atoms with Crippen molar-refractivity contribution in [1.82, 2.24) is 14.7 Å². The van der Waals surface area contributed by atoms with Crippen molar-refractivity contribution in [2.45, 2.75) is 32.2 Å². The summed E-state index contributed by atoms with van der Waals surface area (Å²) in [6, 6.07) is 7.12. The predicted molar refractivity (Wildman–Crippen MR) is 123 cm³/mol. The maximum Gasteiger partial charge on any atom is 0.407 e. The molecule has 0 aliphatic carbocycles. The molecule has 0 spiro atoms. The van der Waals surface area contributed by atoms with E-state index in [1.807, 2.05) is 23.1 Å². The molecule has 3 aromatic rings. The first-order chi connectivity index (χ1) is 15.8. The van der Waals surface area contributed by atoms with Gasteiger partial charge in [-0.25, -0.2) is 13.6 Å². The van der Waals surface area contributed by atoms with E-state index >= 15 is 0 Å². The van der Waals surface area contributed by atoms with Gasteiger partial charge in [0, 0.05) is 53.9 Å². The van der Waals surface area contributed by atoms with Crippen molar-refractivity contribution >= 4 is 29.1 Å². The van der Waals surface area contributed by atoms with Gasteiger partial charge in [0.05, 0.1) is 12.7 Å². The normalized spacial score (nSPS) is 15.5. The number of aryl methyl sites for hydroxylation is 2. The number of hydrogen-bond donors (Lipinski definition) is 1. The van der Waals surface area contributed by atoms with Crippen molar-refractivity contribution in [1.29, 1.82) is 0 Å². The van der Waals surface area contributed by atoms with E-state index in [4.69, 9.17) is 11.6 Å². The van der Waals surface area contributed by atoms with Gasteiger partial charge in [0.1, 0.15) is 0 Å². The van der Waals surface area contributed by atoms with Crippen LogP contribution in [0.4, 0.5) is 25.0 Å². The van der Waals surface area contributed by atoms with Crippen LogP contribution < -0.4 is 4.90 Å². The number of alkyl halides is 2. The molecule has 0 saturated carbocycles. The first-order valence-corrected chi connectivity index (χ1v) is 11.2. The number of benzene rings is 2. The second-order valence-corrected chi connectivity index (χ2v) is 8.98. The Hall–Kier alpha value is -3.13. The second kappa shape index (κ2) is 8.33. The molecular weight excluding hydrogens is 450 g/mol. The van der Waals surface area contributed by atoms with E-state index in [2.05, 4.69) is 5.10 Å². The maximum absolute atomic E-state index is 14.2. The van der Waals surface area contributed by atoms with Gasteiger partial charge in [-0.3, -0.25) is 4.68 Å². The summed E-state index contributed by atoms with van der Waals surface area (Å²) in [5, 5.41) is 14.2. The summed E-state index contributed by atoms with van der Waals surface area (Å²) in [7, 11) is 1.76. The molecule has 0 bridgehead atoms. The molecule has 1 amide bonds. The fraction of sp³-hybridized carbons (Fsp3) is 0.333. The molecule has 9 heteroatoms. The zero-order valence-electron chi connectivity index (χ0n) is 18.1. The van der Waals surface area contributed by atoms with Gasteiger partial charge in [0.2, 0.25) is 0 Å². The lowest BCUT2D eigenvalue weighted by Gasteiger charge is -2.37. The molecule has 0 fully saturated rings. The quantitative estimate of drug-likeness (QED) is 0.523. The lowest BCUT2D eigenvalue weighted by atomic mass is 9.91. The monoisotopic (exact) mass is 472 g/mol. The number of halogens is 3. The largest absolute Gasteiger partial charge is 0.465 e. The Morgan fingerprint density at radius 2 is 1.94 bits per heavy atom. The minimum Gasteiger partial charge on any atom is -0.465 e. The molecule has 5 rings (SSSR count). The van der Waals surface area contributed by atoms with Crippen LogP contribution in [0.2, 0.25) is 5.02 Å². The number of aromatic nitrogens is 2. The SMILES string of the molecule is Cn1cc(-c2cc3c(cc2C(F)F)N(c2cc(Cl)cc4c2CN(C(=O)O)CC4)CCC3)cn1. The van der Waals surface area contributed by atoms with Crippen LogP contribution in [0, 0.1) is 0 Å². The topological polar surface area (TPSA) is 61.6 Å². The molecule has 2 aliphatic rings. The number of fused-ring (bicyclic) bond motifs is 2. The lowest BCUT2D eigenvalue weighted by molar-refractivity contribution is 0.140. The summed E-state index contributed by atoms with van der Waals surface area (Å²) in [4.78, 5) is 15.0. The van der Waals surface area contributed by atoms with Crippen LogP contribution in [0.1, 0.15) is 35.1 Å². The van der Waals surface area contributed by atoms with Crippen LogP contribution in [0.3, 0.4) is 0 Å². The third-order valence-corrected chi connectivity index (χ3v) is 6.68. The summed E-state index contributed by atoms with van der Waals surface area (Å²) < 4.78 is 29.9. The van der Waals surface area contributed by atoms with E-state index in [0.717, 1.165) is 40.9 Å². The van der Waals surface area contributed by atoms with Crippen molar-refractivity contribution < 1.29 is 18.7 Å². The van der Waals surface area contributed by atoms with Crippen LogP contribution in [-0.2, 0) is 26.4 Å². The maximum atomic E-state index is 14.2. The first-order valence-electron chi connectivity index (χ1n) is 10.8. The van der Waals surface area contributed by atoms with E-state index in [9.17, 15) is 18.7 Å². The Morgan fingerprint density at radius 3 is 2.64 bits per heavy atom. The molecule has 0 radical (unpaired) electrons. The molecule has 1 aromatic heterocycles. The smallest absolute Gasteiger partial charge is 0.407 e. The molecule has 1 N–H and O–H groups in total. The number of rotatable bonds is 3. The number of carbonyl (C=O) groups is 1. The molecule has 0 unspecified atom stereocenters. The summed E-state index contributed by atoms with van der Waals surface area (Å²) >= 11 is 6.43. The lowest BCUT2D eigenvalue weighted by Crippen LogP contribution is -2.36. The molecule has 3 heterocycles. The highest BCUT2D eigenvalue weighted by molar-refractivity contribution is 6.31. The van der Waals surface area contributed by atoms with Gasteiger partial charge in [0.15, 0.2) is 0 Å². The molecule has 6 nitrogen and oxygen atoms in total. The van der Waals surface area contributed by atoms with Crippen molar-refractivity contribution in [2.75, 3.05) is 18.0 Å². The van der Waals surface area contributed by atoms with Crippen molar-refractivity contribution in [3.8, 4) is 11.1 Å². The second-order valence-electron chi connectivity index (χ2n) is 8.54. The Bertz CT molecular complexity index is 1240. The van der Waals surface area contributed by atoms with Crippen molar-refractivity contribution in [3.63, 3.8) is 0 Å². The Kier molecular flexibility index (Phi) is 5.48. The Balaban J connectivity index is 1.65. The summed E-state index contributed by atoms with van der Waals surface area (Å²) in [6.45, 7) is 1.29. The van der Waals surface area contributed by atoms with E-state index in [1.165, 1.54) is 4.90 Å². The Labute approximate surface area is 195 Å². The zero-order valence-corrected chi connectivity index (χ0v) is 18.8. The third-order valence-electron chi connectivity index (χ3n) is 6.47. The van der Waals surface area contributed by atoms with E-state index < -0.39 is 12.5 Å². The van der Waals surface area contributed by atoms with E-state index in [1.54, 1.807) is 30.2 Å². The molecular formula is C24H23ClF2N4O2. The number of hydrogen-bond acceptors (Lipinski definition) is 3. The highest BCUT2D eigenvalue weighted by Crippen LogP contribution is 2.43. The molecule has 0 saturated heterocycles.